The van der Waals surface area contributed by atoms with Crippen LogP contribution in [-0.2, 0) is 12.8 Å². The normalized spacial score (nSPS) is 11.4. The summed E-state index contributed by atoms with van der Waals surface area (Å²) < 4.78 is 0. The van der Waals surface area contributed by atoms with E-state index >= 15 is 0 Å². The number of rotatable bonds is 4. The van der Waals surface area contributed by atoms with Crippen molar-refractivity contribution in [3.8, 4) is 17.2 Å². The molecular weight excluding hydrogens is 432 g/mol. The van der Waals surface area contributed by atoms with Crippen molar-refractivity contribution in [3.05, 3.63) is 125 Å². The minimum Gasteiger partial charge on any atom is -0.507 e. The molecule has 3 nitrogen and oxygen atoms in total. The molecule has 0 saturated heterocycles. The van der Waals surface area contributed by atoms with Gasteiger partial charge in [0.05, 0.1) is 0 Å². The van der Waals surface area contributed by atoms with E-state index in [4.69, 9.17) is 0 Å². The van der Waals surface area contributed by atoms with Gasteiger partial charge < -0.3 is 15.3 Å². The molecule has 0 aliphatic carbocycles. The fourth-order valence-electron chi connectivity index (χ4n) is 4.94. The Morgan fingerprint density at radius 3 is 1.66 bits per heavy atom. The zero-order chi connectivity index (χ0) is 23.9. The number of benzene rings is 6. The second kappa shape index (κ2) is 8.37. The fourth-order valence-corrected chi connectivity index (χ4v) is 4.94. The van der Waals surface area contributed by atoms with Crippen molar-refractivity contribution in [1.82, 2.24) is 0 Å². The van der Waals surface area contributed by atoms with Crippen molar-refractivity contribution in [2.45, 2.75) is 12.8 Å². The van der Waals surface area contributed by atoms with Crippen LogP contribution in [0.25, 0.3) is 32.3 Å². The molecule has 6 aromatic rings. The highest BCUT2D eigenvalue weighted by molar-refractivity contribution is 5.92. The van der Waals surface area contributed by atoms with Crippen molar-refractivity contribution in [3.63, 3.8) is 0 Å². The number of hydrogen-bond donors (Lipinski definition) is 3. The zero-order valence-electron chi connectivity index (χ0n) is 19.1. The first-order valence-electron chi connectivity index (χ1n) is 11.7. The number of aromatic hydroxyl groups is 3. The molecule has 0 aliphatic heterocycles. The summed E-state index contributed by atoms with van der Waals surface area (Å²) in [6.45, 7) is 0. The third kappa shape index (κ3) is 3.81. The largest absolute Gasteiger partial charge is 0.507 e. The lowest BCUT2D eigenvalue weighted by Crippen LogP contribution is -1.93. The molecule has 6 rings (SSSR count). The molecule has 0 unspecified atom stereocenters. The molecule has 35 heavy (non-hydrogen) atoms. The van der Waals surface area contributed by atoms with Crippen molar-refractivity contribution >= 4 is 32.3 Å². The standard InChI is InChI=1S/C32H24O3/c33-30-7-3-5-23-10-8-20(18-28(23)30)16-26-15-13-24-11-9-21(19-29(24)32(26)35)17-25-14-12-22-4-1-2-6-27(22)31(25)34/h1-15,18-19,33-35H,16-17H2. The van der Waals surface area contributed by atoms with E-state index in [0.717, 1.165) is 54.6 Å². The van der Waals surface area contributed by atoms with Gasteiger partial charge in [0.1, 0.15) is 17.2 Å². The van der Waals surface area contributed by atoms with E-state index in [2.05, 4.69) is 0 Å². The van der Waals surface area contributed by atoms with Crippen LogP contribution >= 0.6 is 0 Å². The van der Waals surface area contributed by atoms with Crippen molar-refractivity contribution in [2.24, 2.45) is 0 Å². The summed E-state index contributed by atoms with van der Waals surface area (Å²) in [6, 6.07) is 33.4. The third-order valence-electron chi connectivity index (χ3n) is 6.84. The molecule has 0 spiro atoms. The van der Waals surface area contributed by atoms with Gasteiger partial charge in [-0.05, 0) is 56.6 Å². The average Bonchev–Trinajstić information content (AvgIpc) is 2.88. The molecular formula is C32H24O3. The lowest BCUT2D eigenvalue weighted by Gasteiger charge is -2.12. The van der Waals surface area contributed by atoms with Crippen molar-refractivity contribution in [1.29, 1.82) is 0 Å². The number of fused-ring (bicyclic) bond motifs is 3. The maximum Gasteiger partial charge on any atom is 0.126 e. The maximum absolute atomic E-state index is 11.2. The molecule has 0 fully saturated rings. The van der Waals surface area contributed by atoms with E-state index in [1.165, 1.54) is 0 Å². The summed E-state index contributed by atoms with van der Waals surface area (Å²) in [7, 11) is 0. The van der Waals surface area contributed by atoms with Gasteiger partial charge in [-0.2, -0.15) is 0 Å². The molecule has 3 heteroatoms. The Morgan fingerprint density at radius 1 is 0.429 bits per heavy atom. The van der Waals surface area contributed by atoms with Crippen LogP contribution < -0.4 is 0 Å². The van der Waals surface area contributed by atoms with Crippen LogP contribution in [0.5, 0.6) is 17.2 Å². The van der Waals surface area contributed by atoms with Gasteiger partial charge in [-0.3, -0.25) is 0 Å². The lowest BCUT2D eigenvalue weighted by molar-refractivity contribution is 0.476. The average molecular weight is 457 g/mol. The molecule has 0 heterocycles. The van der Waals surface area contributed by atoms with Gasteiger partial charge in [0, 0.05) is 29.0 Å². The first-order chi connectivity index (χ1) is 17.1. The molecule has 0 atom stereocenters. The highest BCUT2D eigenvalue weighted by atomic mass is 16.3. The van der Waals surface area contributed by atoms with Crippen LogP contribution in [0, 0.1) is 0 Å². The van der Waals surface area contributed by atoms with E-state index < -0.39 is 0 Å². The quantitative estimate of drug-likeness (QED) is 0.258. The Balaban J connectivity index is 1.35. The number of phenols is 3. The predicted octanol–water partition coefficient (Wildman–Crippen LogP) is 7.44. The first-order valence-corrected chi connectivity index (χ1v) is 11.7. The summed E-state index contributed by atoms with van der Waals surface area (Å²) >= 11 is 0. The minimum atomic E-state index is 0.258. The molecule has 0 radical (unpaired) electrons. The molecule has 0 aliphatic rings. The Bertz CT molecular complexity index is 1730. The van der Waals surface area contributed by atoms with E-state index in [0.29, 0.717) is 18.6 Å². The molecule has 6 aromatic carbocycles. The van der Waals surface area contributed by atoms with Crippen LogP contribution in [0.4, 0.5) is 0 Å². The van der Waals surface area contributed by atoms with Gasteiger partial charge >= 0.3 is 0 Å². The zero-order valence-corrected chi connectivity index (χ0v) is 19.1. The Labute approximate surface area is 203 Å². The van der Waals surface area contributed by atoms with E-state index in [9.17, 15) is 15.3 Å². The number of hydrogen-bond acceptors (Lipinski definition) is 3. The van der Waals surface area contributed by atoms with Crippen LogP contribution in [0.3, 0.4) is 0 Å². The third-order valence-corrected chi connectivity index (χ3v) is 6.84. The number of phenolic OH excluding ortho intramolecular Hbond substituents is 3. The SMILES string of the molecule is Oc1cccc2ccc(Cc3ccc4ccc(Cc5ccc6ccccc6c5O)cc4c3O)cc12. The molecule has 3 N–H and O–H groups in total. The molecule has 0 aromatic heterocycles. The molecule has 0 bridgehead atoms. The van der Waals surface area contributed by atoms with Crippen LogP contribution in [-0.4, -0.2) is 15.3 Å². The van der Waals surface area contributed by atoms with Crippen LogP contribution in [0.15, 0.2) is 103 Å². The predicted molar refractivity (Wildman–Crippen MR) is 142 cm³/mol. The van der Waals surface area contributed by atoms with Gasteiger partial charge in [-0.1, -0.05) is 84.9 Å². The topological polar surface area (TPSA) is 60.7 Å². The van der Waals surface area contributed by atoms with Crippen LogP contribution in [0.2, 0.25) is 0 Å². The van der Waals surface area contributed by atoms with E-state index in [1.54, 1.807) is 6.07 Å². The summed E-state index contributed by atoms with van der Waals surface area (Å²) in [4.78, 5) is 0. The lowest BCUT2D eigenvalue weighted by atomic mass is 9.95. The second-order valence-electron chi connectivity index (χ2n) is 9.11. The molecule has 170 valence electrons. The Morgan fingerprint density at radius 2 is 0.943 bits per heavy atom. The van der Waals surface area contributed by atoms with E-state index in [-0.39, 0.29) is 11.5 Å². The fraction of sp³-hybridized carbons (Fsp3) is 0.0625. The van der Waals surface area contributed by atoms with Gasteiger partial charge in [0.15, 0.2) is 0 Å². The summed E-state index contributed by atoms with van der Waals surface area (Å²) in [5.74, 6) is 0.832. The minimum absolute atomic E-state index is 0.258. The smallest absolute Gasteiger partial charge is 0.126 e. The molecule has 0 saturated carbocycles. The Kier molecular flexibility index (Phi) is 5.04. The maximum atomic E-state index is 11.2. The molecule has 0 amide bonds. The van der Waals surface area contributed by atoms with Gasteiger partial charge in [-0.15, -0.1) is 0 Å². The van der Waals surface area contributed by atoms with Crippen molar-refractivity contribution in [2.75, 3.05) is 0 Å². The summed E-state index contributed by atoms with van der Waals surface area (Å²) in [5.41, 5.74) is 3.73. The van der Waals surface area contributed by atoms with Gasteiger partial charge in [0.2, 0.25) is 0 Å². The van der Waals surface area contributed by atoms with Gasteiger partial charge in [-0.25, -0.2) is 0 Å². The monoisotopic (exact) mass is 456 g/mol. The highest BCUT2D eigenvalue weighted by Crippen LogP contribution is 2.35. The van der Waals surface area contributed by atoms with Gasteiger partial charge in [0.25, 0.3) is 0 Å². The highest BCUT2D eigenvalue weighted by Gasteiger charge is 2.12. The first kappa shape index (κ1) is 21.1. The second-order valence-corrected chi connectivity index (χ2v) is 9.11. The van der Waals surface area contributed by atoms with Crippen molar-refractivity contribution < 1.29 is 15.3 Å². The Hall–Kier alpha value is -4.50. The van der Waals surface area contributed by atoms with E-state index in [1.807, 2.05) is 97.1 Å². The summed E-state index contributed by atoms with van der Waals surface area (Å²) in [5, 5.41) is 37.6. The van der Waals surface area contributed by atoms with Crippen LogP contribution in [0.1, 0.15) is 22.3 Å². The summed E-state index contributed by atoms with van der Waals surface area (Å²) in [6.07, 6.45) is 1.13.